The number of nitrogens with one attached hydrogen (secondary N) is 1. The standard InChI is InChI=1S/C18H20BrN5S/c1-11(2)23-12(3)9-14(13(23)4)10-20-24-17(21-22-18(24)25)15-7-5-6-8-16(15)19/h5-11H,1-4H3,(H,22,25)/b20-10-. The number of aryl methyl sites for hydroxylation is 1. The van der Waals surface area contributed by atoms with Gasteiger partial charge in [0, 0.05) is 33.0 Å². The third kappa shape index (κ3) is 3.39. The lowest BCUT2D eigenvalue weighted by atomic mass is 10.2. The lowest BCUT2D eigenvalue weighted by Crippen LogP contribution is -2.05. The van der Waals surface area contributed by atoms with Crippen molar-refractivity contribution in [3.63, 3.8) is 0 Å². The van der Waals surface area contributed by atoms with E-state index in [0.29, 0.717) is 16.6 Å². The lowest BCUT2D eigenvalue weighted by Gasteiger charge is -2.13. The highest BCUT2D eigenvalue weighted by Crippen LogP contribution is 2.26. The van der Waals surface area contributed by atoms with Gasteiger partial charge in [-0.25, -0.2) is 5.10 Å². The maximum atomic E-state index is 5.35. The second-order valence-corrected chi connectivity index (χ2v) is 7.42. The Balaban J connectivity index is 2.04. The Morgan fingerprint density at radius 3 is 2.64 bits per heavy atom. The van der Waals surface area contributed by atoms with Crippen molar-refractivity contribution < 1.29 is 0 Å². The SMILES string of the molecule is Cc1cc(/C=N\n2c(-c3ccccc3Br)n[nH]c2=S)c(C)n1C(C)C. The molecule has 0 aliphatic heterocycles. The van der Waals surface area contributed by atoms with Crippen molar-refractivity contribution in [2.75, 3.05) is 0 Å². The summed E-state index contributed by atoms with van der Waals surface area (Å²) in [5.41, 5.74) is 4.41. The molecule has 0 atom stereocenters. The molecule has 5 nitrogen and oxygen atoms in total. The number of hydrogen-bond donors (Lipinski definition) is 1. The van der Waals surface area contributed by atoms with Crippen LogP contribution in [0.1, 0.15) is 36.8 Å². The molecule has 25 heavy (non-hydrogen) atoms. The van der Waals surface area contributed by atoms with Gasteiger partial charge in [-0.2, -0.15) is 14.9 Å². The van der Waals surface area contributed by atoms with E-state index in [0.717, 1.165) is 15.6 Å². The van der Waals surface area contributed by atoms with Crippen molar-refractivity contribution in [2.24, 2.45) is 5.10 Å². The minimum atomic E-state index is 0.411. The van der Waals surface area contributed by atoms with E-state index in [-0.39, 0.29) is 0 Å². The predicted molar refractivity (Wildman–Crippen MR) is 108 cm³/mol. The second kappa shape index (κ2) is 7.09. The van der Waals surface area contributed by atoms with Gasteiger partial charge in [-0.15, -0.1) is 0 Å². The van der Waals surface area contributed by atoms with Crippen LogP contribution >= 0.6 is 28.1 Å². The number of aromatic nitrogens is 4. The van der Waals surface area contributed by atoms with Crippen LogP contribution in [-0.2, 0) is 0 Å². The van der Waals surface area contributed by atoms with Gasteiger partial charge >= 0.3 is 0 Å². The highest BCUT2D eigenvalue weighted by Gasteiger charge is 2.12. The highest BCUT2D eigenvalue weighted by atomic mass is 79.9. The Hall–Kier alpha value is -1.99. The molecule has 1 aromatic carbocycles. The summed E-state index contributed by atoms with van der Waals surface area (Å²) in [5.74, 6) is 0.673. The van der Waals surface area contributed by atoms with Gasteiger partial charge in [-0.3, -0.25) is 0 Å². The van der Waals surface area contributed by atoms with Gasteiger partial charge in [0.05, 0.1) is 6.21 Å². The highest BCUT2D eigenvalue weighted by molar-refractivity contribution is 9.10. The minimum absolute atomic E-state index is 0.411. The molecule has 0 aliphatic rings. The maximum absolute atomic E-state index is 5.35. The normalized spacial score (nSPS) is 11.8. The zero-order valence-corrected chi connectivity index (χ0v) is 17.0. The van der Waals surface area contributed by atoms with Gasteiger partial charge in [-0.1, -0.05) is 28.1 Å². The fourth-order valence-corrected chi connectivity index (χ4v) is 3.70. The van der Waals surface area contributed by atoms with Crippen molar-refractivity contribution in [1.29, 1.82) is 0 Å². The van der Waals surface area contributed by atoms with Gasteiger partial charge in [0.2, 0.25) is 4.77 Å². The number of nitrogens with zero attached hydrogens (tertiary/aromatic N) is 4. The van der Waals surface area contributed by atoms with Crippen LogP contribution in [0.15, 0.2) is 39.9 Å². The van der Waals surface area contributed by atoms with Crippen LogP contribution in [0.3, 0.4) is 0 Å². The number of rotatable bonds is 4. The van der Waals surface area contributed by atoms with E-state index < -0.39 is 0 Å². The Kier molecular flexibility index (Phi) is 5.06. The molecule has 3 rings (SSSR count). The zero-order chi connectivity index (χ0) is 18.1. The van der Waals surface area contributed by atoms with E-state index in [9.17, 15) is 0 Å². The molecule has 0 amide bonds. The molecule has 0 fully saturated rings. The fraction of sp³-hybridized carbons (Fsp3) is 0.278. The van der Waals surface area contributed by atoms with Crippen LogP contribution in [0, 0.1) is 18.6 Å². The van der Waals surface area contributed by atoms with Crippen molar-refractivity contribution in [3.8, 4) is 11.4 Å². The second-order valence-electron chi connectivity index (χ2n) is 6.18. The molecule has 1 N–H and O–H groups in total. The molecule has 2 aromatic heterocycles. The van der Waals surface area contributed by atoms with Crippen molar-refractivity contribution in [2.45, 2.75) is 33.7 Å². The Labute approximate surface area is 160 Å². The van der Waals surface area contributed by atoms with Crippen LogP contribution in [0.4, 0.5) is 0 Å². The smallest absolute Gasteiger partial charge is 0.216 e. The number of aromatic amines is 1. The first kappa shape index (κ1) is 17.8. The first-order valence-corrected chi connectivity index (χ1v) is 9.25. The van der Waals surface area contributed by atoms with Gasteiger partial charge in [0.1, 0.15) is 0 Å². The van der Waals surface area contributed by atoms with Gasteiger partial charge in [-0.05, 0) is 58.1 Å². The number of H-pyrrole nitrogens is 1. The molecule has 0 bridgehead atoms. The van der Waals surface area contributed by atoms with Crippen molar-refractivity contribution in [1.82, 2.24) is 19.4 Å². The predicted octanol–water partition coefficient (Wildman–Crippen LogP) is 5.25. The molecule has 0 spiro atoms. The molecule has 0 saturated heterocycles. The van der Waals surface area contributed by atoms with Crippen LogP contribution < -0.4 is 0 Å². The Bertz CT molecular complexity index is 993. The van der Waals surface area contributed by atoms with E-state index >= 15 is 0 Å². The van der Waals surface area contributed by atoms with Crippen molar-refractivity contribution in [3.05, 3.63) is 56.5 Å². The Morgan fingerprint density at radius 2 is 2.00 bits per heavy atom. The molecule has 2 heterocycles. The molecular formula is C18H20BrN5S. The topological polar surface area (TPSA) is 50.9 Å². The van der Waals surface area contributed by atoms with E-state index in [1.54, 1.807) is 4.68 Å². The molecular weight excluding hydrogens is 398 g/mol. The average molecular weight is 418 g/mol. The number of hydrogen-bond acceptors (Lipinski definition) is 3. The molecule has 7 heteroatoms. The van der Waals surface area contributed by atoms with Crippen LogP contribution in [0.5, 0.6) is 0 Å². The molecule has 0 aliphatic carbocycles. The van der Waals surface area contributed by atoms with Crippen LogP contribution in [-0.4, -0.2) is 25.7 Å². The third-order valence-corrected chi connectivity index (χ3v) is 5.07. The minimum Gasteiger partial charge on any atom is -0.346 e. The first-order valence-electron chi connectivity index (χ1n) is 8.05. The van der Waals surface area contributed by atoms with Crippen LogP contribution in [0.25, 0.3) is 11.4 Å². The van der Waals surface area contributed by atoms with E-state index in [2.05, 4.69) is 69.6 Å². The average Bonchev–Trinajstić information content (AvgIpc) is 3.05. The summed E-state index contributed by atoms with van der Waals surface area (Å²) >= 11 is 8.90. The lowest BCUT2D eigenvalue weighted by molar-refractivity contribution is 0.574. The monoisotopic (exact) mass is 417 g/mol. The van der Waals surface area contributed by atoms with Crippen LogP contribution in [0.2, 0.25) is 0 Å². The van der Waals surface area contributed by atoms with Crippen molar-refractivity contribution >= 4 is 34.4 Å². The quantitative estimate of drug-likeness (QED) is 0.465. The summed E-state index contributed by atoms with van der Waals surface area (Å²) in [4.78, 5) is 0. The molecule has 3 aromatic rings. The first-order chi connectivity index (χ1) is 11.9. The van der Waals surface area contributed by atoms with Gasteiger partial charge in [0.15, 0.2) is 5.82 Å². The molecule has 130 valence electrons. The number of benzene rings is 1. The summed E-state index contributed by atoms with van der Waals surface area (Å²) < 4.78 is 5.35. The summed E-state index contributed by atoms with van der Waals surface area (Å²) in [6.07, 6.45) is 1.84. The van der Waals surface area contributed by atoms with Gasteiger partial charge < -0.3 is 4.57 Å². The summed E-state index contributed by atoms with van der Waals surface area (Å²) in [5, 5.41) is 11.7. The van der Waals surface area contributed by atoms with E-state index in [1.165, 1.54) is 11.4 Å². The molecule has 0 radical (unpaired) electrons. The molecule has 0 saturated carbocycles. The number of halogens is 1. The summed E-state index contributed by atoms with van der Waals surface area (Å²) in [6, 6.07) is 10.4. The fourth-order valence-electron chi connectivity index (χ4n) is 3.06. The maximum Gasteiger partial charge on any atom is 0.216 e. The summed E-state index contributed by atoms with van der Waals surface area (Å²) in [7, 11) is 0. The Morgan fingerprint density at radius 1 is 1.28 bits per heavy atom. The summed E-state index contributed by atoms with van der Waals surface area (Å²) in [6.45, 7) is 8.58. The zero-order valence-electron chi connectivity index (χ0n) is 14.6. The van der Waals surface area contributed by atoms with Gasteiger partial charge in [0.25, 0.3) is 0 Å². The van der Waals surface area contributed by atoms with E-state index in [4.69, 9.17) is 12.2 Å². The molecule has 0 unspecified atom stereocenters. The van der Waals surface area contributed by atoms with E-state index in [1.807, 2.05) is 30.5 Å². The largest absolute Gasteiger partial charge is 0.346 e. The third-order valence-electron chi connectivity index (χ3n) is 4.12.